The molecule has 2 nitrogen and oxygen atoms in total. The third-order valence-electron chi connectivity index (χ3n) is 3.36. The van der Waals surface area contributed by atoms with Gasteiger partial charge in [0.15, 0.2) is 0 Å². The first kappa shape index (κ1) is 14.6. The number of benzene rings is 2. The molecule has 0 saturated heterocycles. The zero-order valence-corrected chi connectivity index (χ0v) is 12.3. The summed E-state index contributed by atoms with van der Waals surface area (Å²) in [5.74, 6) is 1.70. The molecule has 0 bridgehead atoms. The van der Waals surface area contributed by atoms with Gasteiger partial charge in [0.25, 0.3) is 0 Å². The van der Waals surface area contributed by atoms with Gasteiger partial charge >= 0.3 is 0 Å². The first-order valence-corrected chi connectivity index (χ1v) is 7.31. The smallest absolute Gasteiger partial charge is 0.127 e. The molecule has 0 spiro atoms. The molecule has 0 heterocycles. The molecule has 0 radical (unpaired) electrons. The fourth-order valence-electron chi connectivity index (χ4n) is 2.10. The number of aryl methyl sites for hydroxylation is 1. The Bertz CT molecular complexity index is 531. The summed E-state index contributed by atoms with van der Waals surface area (Å²) >= 11 is 0. The van der Waals surface area contributed by atoms with Crippen molar-refractivity contribution in [2.75, 3.05) is 0 Å². The van der Waals surface area contributed by atoms with Crippen LogP contribution in [0.2, 0.25) is 0 Å². The van der Waals surface area contributed by atoms with Crippen LogP contribution in [0, 0.1) is 0 Å². The average molecular weight is 269 g/mol. The maximum absolute atomic E-state index is 5.89. The summed E-state index contributed by atoms with van der Waals surface area (Å²) in [6.07, 6.45) is 3.59. The summed E-state index contributed by atoms with van der Waals surface area (Å²) in [6.45, 7) is 4.19. The Labute approximate surface area is 121 Å². The summed E-state index contributed by atoms with van der Waals surface area (Å²) in [7, 11) is 0. The Morgan fingerprint density at radius 1 is 1.05 bits per heavy atom. The second kappa shape index (κ2) is 7.11. The third-order valence-corrected chi connectivity index (χ3v) is 3.36. The fraction of sp³-hybridized carbons (Fsp3) is 0.333. The van der Waals surface area contributed by atoms with Gasteiger partial charge in [-0.15, -0.1) is 0 Å². The van der Waals surface area contributed by atoms with E-state index in [1.165, 1.54) is 18.4 Å². The van der Waals surface area contributed by atoms with Crippen molar-refractivity contribution in [1.82, 2.24) is 0 Å². The van der Waals surface area contributed by atoms with E-state index in [2.05, 4.69) is 19.1 Å². The maximum atomic E-state index is 5.89. The Balaban J connectivity index is 2.04. The van der Waals surface area contributed by atoms with E-state index in [0.29, 0.717) is 0 Å². The standard InChI is InChI=1S/C18H23NO/c1-3-4-6-15-9-11-17(12-10-15)20-18-8-5-7-16(13-18)14(2)19/h5,7-14H,3-4,6,19H2,1-2H3. The summed E-state index contributed by atoms with van der Waals surface area (Å²) in [6, 6.07) is 16.3. The van der Waals surface area contributed by atoms with Gasteiger partial charge in [-0.25, -0.2) is 0 Å². The van der Waals surface area contributed by atoms with E-state index in [1.54, 1.807) is 0 Å². The average Bonchev–Trinajstić information content (AvgIpc) is 2.47. The highest BCUT2D eigenvalue weighted by Crippen LogP contribution is 2.24. The molecule has 0 aliphatic heterocycles. The topological polar surface area (TPSA) is 35.2 Å². The van der Waals surface area contributed by atoms with Crippen LogP contribution in [-0.2, 0) is 6.42 Å². The molecule has 0 aliphatic rings. The molecule has 2 N–H and O–H groups in total. The lowest BCUT2D eigenvalue weighted by Crippen LogP contribution is -2.04. The SMILES string of the molecule is CCCCc1ccc(Oc2cccc(C(C)N)c2)cc1. The number of rotatable bonds is 6. The highest BCUT2D eigenvalue weighted by atomic mass is 16.5. The normalized spacial score (nSPS) is 12.2. The molecule has 106 valence electrons. The zero-order chi connectivity index (χ0) is 14.4. The minimum Gasteiger partial charge on any atom is -0.457 e. The molecular weight excluding hydrogens is 246 g/mol. The van der Waals surface area contributed by atoms with E-state index in [-0.39, 0.29) is 6.04 Å². The van der Waals surface area contributed by atoms with Crippen molar-refractivity contribution in [3.8, 4) is 11.5 Å². The number of ether oxygens (including phenoxy) is 1. The van der Waals surface area contributed by atoms with Gasteiger partial charge in [-0.1, -0.05) is 37.6 Å². The van der Waals surface area contributed by atoms with Gasteiger partial charge in [0.2, 0.25) is 0 Å². The Morgan fingerprint density at radius 2 is 1.80 bits per heavy atom. The summed E-state index contributed by atoms with van der Waals surface area (Å²) in [5, 5.41) is 0. The zero-order valence-electron chi connectivity index (χ0n) is 12.3. The van der Waals surface area contributed by atoms with Crippen LogP contribution in [0.3, 0.4) is 0 Å². The van der Waals surface area contributed by atoms with Crippen molar-refractivity contribution in [3.05, 3.63) is 59.7 Å². The van der Waals surface area contributed by atoms with Gasteiger partial charge in [0.05, 0.1) is 0 Å². The highest BCUT2D eigenvalue weighted by molar-refractivity contribution is 5.36. The molecule has 0 fully saturated rings. The molecule has 0 aliphatic carbocycles. The third kappa shape index (κ3) is 4.10. The maximum Gasteiger partial charge on any atom is 0.127 e. The molecule has 0 aromatic heterocycles. The van der Waals surface area contributed by atoms with E-state index >= 15 is 0 Å². The van der Waals surface area contributed by atoms with Crippen LogP contribution in [0.15, 0.2) is 48.5 Å². The van der Waals surface area contributed by atoms with Gasteiger partial charge < -0.3 is 10.5 Å². The van der Waals surface area contributed by atoms with Crippen LogP contribution >= 0.6 is 0 Å². The molecular formula is C18H23NO. The molecule has 2 rings (SSSR count). The number of unbranched alkanes of at least 4 members (excludes halogenated alkanes) is 1. The van der Waals surface area contributed by atoms with Crippen molar-refractivity contribution in [3.63, 3.8) is 0 Å². The Kier molecular flexibility index (Phi) is 5.19. The monoisotopic (exact) mass is 269 g/mol. The van der Waals surface area contributed by atoms with E-state index in [4.69, 9.17) is 10.5 Å². The predicted octanol–water partition coefficient (Wildman–Crippen LogP) is 4.84. The van der Waals surface area contributed by atoms with Crippen LogP contribution in [-0.4, -0.2) is 0 Å². The van der Waals surface area contributed by atoms with E-state index in [9.17, 15) is 0 Å². The fourth-order valence-corrected chi connectivity index (χ4v) is 2.10. The van der Waals surface area contributed by atoms with Crippen LogP contribution in [0.1, 0.15) is 43.9 Å². The van der Waals surface area contributed by atoms with Gasteiger partial charge in [-0.2, -0.15) is 0 Å². The van der Waals surface area contributed by atoms with Crippen molar-refractivity contribution in [2.24, 2.45) is 5.73 Å². The molecule has 2 aromatic carbocycles. The quantitative estimate of drug-likeness (QED) is 0.814. The van der Waals surface area contributed by atoms with Crippen LogP contribution < -0.4 is 10.5 Å². The van der Waals surface area contributed by atoms with Crippen molar-refractivity contribution < 1.29 is 4.74 Å². The van der Waals surface area contributed by atoms with Gasteiger partial charge in [-0.05, 0) is 55.2 Å². The number of nitrogens with two attached hydrogens (primary N) is 1. The van der Waals surface area contributed by atoms with Crippen LogP contribution in [0.5, 0.6) is 11.5 Å². The molecule has 0 amide bonds. The van der Waals surface area contributed by atoms with Crippen molar-refractivity contribution in [2.45, 2.75) is 39.2 Å². The molecule has 1 unspecified atom stereocenters. The van der Waals surface area contributed by atoms with E-state index < -0.39 is 0 Å². The second-order valence-electron chi connectivity index (χ2n) is 5.21. The summed E-state index contributed by atoms with van der Waals surface area (Å²) in [4.78, 5) is 0. The first-order valence-electron chi connectivity index (χ1n) is 7.31. The lowest BCUT2D eigenvalue weighted by Gasteiger charge is -2.10. The molecule has 0 saturated carbocycles. The highest BCUT2D eigenvalue weighted by Gasteiger charge is 2.02. The minimum atomic E-state index is 0.0231. The first-order chi connectivity index (χ1) is 9.69. The number of hydrogen-bond acceptors (Lipinski definition) is 2. The van der Waals surface area contributed by atoms with E-state index in [1.807, 2.05) is 43.3 Å². The lowest BCUT2D eigenvalue weighted by atomic mass is 10.1. The molecule has 2 aromatic rings. The lowest BCUT2D eigenvalue weighted by molar-refractivity contribution is 0.481. The van der Waals surface area contributed by atoms with Gasteiger partial charge in [-0.3, -0.25) is 0 Å². The summed E-state index contributed by atoms with van der Waals surface area (Å²) < 4.78 is 5.87. The summed E-state index contributed by atoms with van der Waals surface area (Å²) in [5.41, 5.74) is 8.34. The second-order valence-corrected chi connectivity index (χ2v) is 5.21. The van der Waals surface area contributed by atoms with Crippen molar-refractivity contribution >= 4 is 0 Å². The molecule has 20 heavy (non-hydrogen) atoms. The molecule has 1 atom stereocenters. The Morgan fingerprint density at radius 3 is 2.45 bits per heavy atom. The van der Waals surface area contributed by atoms with E-state index in [0.717, 1.165) is 23.5 Å². The van der Waals surface area contributed by atoms with Gasteiger partial charge in [0.1, 0.15) is 11.5 Å². The predicted molar refractivity (Wildman–Crippen MR) is 84.2 cm³/mol. The van der Waals surface area contributed by atoms with Gasteiger partial charge in [0, 0.05) is 6.04 Å². The van der Waals surface area contributed by atoms with Crippen LogP contribution in [0.4, 0.5) is 0 Å². The van der Waals surface area contributed by atoms with Crippen LogP contribution in [0.25, 0.3) is 0 Å². The molecule has 2 heteroatoms. The minimum absolute atomic E-state index is 0.0231. The Hall–Kier alpha value is -1.80. The number of hydrogen-bond donors (Lipinski definition) is 1. The largest absolute Gasteiger partial charge is 0.457 e. The van der Waals surface area contributed by atoms with Crippen molar-refractivity contribution in [1.29, 1.82) is 0 Å².